The van der Waals surface area contributed by atoms with Gasteiger partial charge in [-0.05, 0) is 35.9 Å². The van der Waals surface area contributed by atoms with Gasteiger partial charge >= 0.3 is 5.69 Å². The lowest BCUT2D eigenvalue weighted by molar-refractivity contribution is -0.394. The van der Waals surface area contributed by atoms with Crippen LogP contribution >= 0.6 is 11.6 Å². The Morgan fingerprint density at radius 2 is 1.70 bits per heavy atom. The maximum absolute atomic E-state index is 11.3. The second-order valence-corrected chi connectivity index (χ2v) is 6.30. The van der Waals surface area contributed by atoms with Gasteiger partial charge in [0.2, 0.25) is 5.75 Å². The zero-order valence-corrected chi connectivity index (χ0v) is 16.3. The monoisotopic (exact) mass is 427 g/mol. The predicted molar refractivity (Wildman–Crippen MR) is 112 cm³/mol. The van der Waals surface area contributed by atoms with Crippen LogP contribution in [0.5, 0.6) is 17.2 Å². The van der Waals surface area contributed by atoms with Gasteiger partial charge in [-0.15, -0.1) is 0 Å². The Morgan fingerprint density at radius 1 is 0.967 bits per heavy atom. The van der Waals surface area contributed by atoms with E-state index in [4.69, 9.17) is 21.1 Å². The molecule has 152 valence electrons. The van der Waals surface area contributed by atoms with Gasteiger partial charge in [0.15, 0.2) is 11.5 Å². The summed E-state index contributed by atoms with van der Waals surface area (Å²) in [7, 11) is 1.39. The van der Waals surface area contributed by atoms with Crippen molar-refractivity contribution >= 4 is 34.9 Å². The summed E-state index contributed by atoms with van der Waals surface area (Å²) in [5, 5.41) is 22.3. The van der Waals surface area contributed by atoms with Crippen molar-refractivity contribution in [1.29, 1.82) is 0 Å². The van der Waals surface area contributed by atoms with Crippen LogP contribution in [-0.4, -0.2) is 23.2 Å². The normalized spacial score (nSPS) is 10.7. The number of para-hydroxylation sites is 1. The Balaban J connectivity index is 1.96. The fourth-order valence-corrected chi connectivity index (χ4v) is 2.79. The third-order valence-corrected chi connectivity index (χ3v) is 4.21. The first-order valence-corrected chi connectivity index (χ1v) is 8.84. The van der Waals surface area contributed by atoms with Crippen LogP contribution in [0.1, 0.15) is 5.56 Å². The molecule has 0 fully saturated rings. The summed E-state index contributed by atoms with van der Waals surface area (Å²) in [6, 6.07) is 15.5. The van der Waals surface area contributed by atoms with E-state index in [9.17, 15) is 20.2 Å². The highest BCUT2D eigenvalue weighted by Gasteiger charge is 2.23. The van der Waals surface area contributed by atoms with Crippen molar-refractivity contribution in [2.45, 2.75) is 0 Å². The Hall–Kier alpha value is -3.98. The van der Waals surface area contributed by atoms with E-state index in [0.717, 1.165) is 23.9 Å². The molecule has 0 bridgehead atoms. The standard InChI is InChI=1S/C20H14ClN3O6/c1-29-19-10-13(12-22-14-5-3-2-4-6-14)9-16(21)20(19)30-18-8-7-15(23(25)26)11-17(18)24(27)28/h2-12H,1H3. The lowest BCUT2D eigenvalue weighted by Gasteiger charge is -2.13. The average molecular weight is 428 g/mol. The largest absolute Gasteiger partial charge is 0.493 e. The predicted octanol–water partition coefficient (Wildman–Crippen LogP) is 5.71. The van der Waals surface area contributed by atoms with Gasteiger partial charge in [0, 0.05) is 12.3 Å². The van der Waals surface area contributed by atoms with Crippen LogP contribution in [0.4, 0.5) is 17.1 Å². The summed E-state index contributed by atoms with van der Waals surface area (Å²) in [5.41, 5.74) is 0.359. The SMILES string of the molecule is COc1cc(C=Nc2ccccc2)cc(Cl)c1Oc1ccc([N+](=O)[O-])cc1[N+](=O)[O-]. The minimum Gasteiger partial charge on any atom is -0.493 e. The molecule has 3 rings (SSSR count). The number of aliphatic imine (C=N–C) groups is 1. The van der Waals surface area contributed by atoms with Crippen molar-refractivity contribution in [3.63, 3.8) is 0 Å². The van der Waals surface area contributed by atoms with Gasteiger partial charge in [-0.25, -0.2) is 0 Å². The fourth-order valence-electron chi connectivity index (χ4n) is 2.53. The number of nitro groups is 2. The molecule has 30 heavy (non-hydrogen) atoms. The fraction of sp³-hybridized carbons (Fsp3) is 0.0500. The van der Waals surface area contributed by atoms with Crippen LogP contribution in [-0.2, 0) is 0 Å². The summed E-state index contributed by atoms with van der Waals surface area (Å²) in [6.45, 7) is 0. The van der Waals surface area contributed by atoms with E-state index in [0.29, 0.717) is 5.56 Å². The van der Waals surface area contributed by atoms with Gasteiger partial charge in [-0.1, -0.05) is 29.8 Å². The van der Waals surface area contributed by atoms with Gasteiger partial charge in [0.25, 0.3) is 5.69 Å². The third-order valence-electron chi connectivity index (χ3n) is 3.93. The number of hydrogen-bond acceptors (Lipinski definition) is 7. The van der Waals surface area contributed by atoms with Gasteiger partial charge < -0.3 is 9.47 Å². The molecule has 0 radical (unpaired) electrons. The Labute approximate surface area is 175 Å². The molecule has 0 saturated heterocycles. The lowest BCUT2D eigenvalue weighted by atomic mass is 10.2. The summed E-state index contributed by atoms with van der Waals surface area (Å²) in [6.07, 6.45) is 1.59. The molecule has 9 nitrogen and oxygen atoms in total. The summed E-state index contributed by atoms with van der Waals surface area (Å²) in [5.74, 6) is 0.0362. The topological polar surface area (TPSA) is 117 Å². The minimum atomic E-state index is -0.774. The average Bonchev–Trinajstić information content (AvgIpc) is 2.74. The van der Waals surface area contributed by atoms with Gasteiger partial charge in [0.1, 0.15) is 0 Å². The van der Waals surface area contributed by atoms with E-state index in [2.05, 4.69) is 4.99 Å². The van der Waals surface area contributed by atoms with Gasteiger partial charge in [-0.3, -0.25) is 25.2 Å². The molecule has 0 N–H and O–H groups in total. The molecule has 10 heteroatoms. The van der Waals surface area contributed by atoms with Gasteiger partial charge in [0.05, 0.1) is 33.7 Å². The maximum atomic E-state index is 11.3. The van der Waals surface area contributed by atoms with Crippen molar-refractivity contribution in [3.05, 3.63) is 91.5 Å². The van der Waals surface area contributed by atoms with E-state index in [1.165, 1.54) is 7.11 Å². The van der Waals surface area contributed by atoms with Crippen molar-refractivity contribution in [2.24, 2.45) is 4.99 Å². The molecule has 3 aromatic carbocycles. The van der Waals surface area contributed by atoms with Crippen molar-refractivity contribution in [1.82, 2.24) is 0 Å². The molecule has 0 heterocycles. The molecule has 0 saturated carbocycles. The molecule has 0 aliphatic heterocycles. The van der Waals surface area contributed by atoms with Crippen molar-refractivity contribution in [2.75, 3.05) is 7.11 Å². The summed E-state index contributed by atoms with van der Waals surface area (Å²) in [4.78, 5) is 25.0. The Bertz CT molecular complexity index is 1130. The molecule has 3 aromatic rings. The molecule has 0 unspecified atom stereocenters. The molecular formula is C20H14ClN3O6. The van der Waals surface area contributed by atoms with Crippen LogP contribution in [0.15, 0.2) is 65.7 Å². The number of rotatable bonds is 7. The number of halogens is 1. The van der Waals surface area contributed by atoms with Gasteiger partial charge in [-0.2, -0.15) is 0 Å². The first-order chi connectivity index (χ1) is 14.4. The maximum Gasteiger partial charge on any atom is 0.318 e. The van der Waals surface area contributed by atoms with Crippen LogP contribution < -0.4 is 9.47 Å². The number of nitro benzene ring substituents is 2. The van der Waals surface area contributed by atoms with E-state index in [1.807, 2.05) is 30.3 Å². The number of ether oxygens (including phenoxy) is 2. The number of nitrogens with zero attached hydrogens (tertiary/aromatic N) is 3. The zero-order chi connectivity index (χ0) is 21.7. The molecule has 0 aliphatic carbocycles. The summed E-state index contributed by atoms with van der Waals surface area (Å²) < 4.78 is 10.9. The lowest BCUT2D eigenvalue weighted by Crippen LogP contribution is -1.98. The van der Waals surface area contributed by atoms with Crippen LogP contribution in [0, 0.1) is 20.2 Å². The number of benzene rings is 3. The second kappa shape index (κ2) is 9.01. The quantitative estimate of drug-likeness (QED) is 0.271. The molecular weight excluding hydrogens is 414 g/mol. The van der Waals surface area contributed by atoms with Crippen LogP contribution in [0.2, 0.25) is 5.02 Å². The third kappa shape index (κ3) is 4.70. The van der Waals surface area contributed by atoms with E-state index < -0.39 is 21.2 Å². The minimum absolute atomic E-state index is 0.0352. The molecule has 0 spiro atoms. The Morgan fingerprint density at radius 3 is 2.33 bits per heavy atom. The Kier molecular flexibility index (Phi) is 6.23. The molecule has 0 aliphatic rings. The van der Waals surface area contributed by atoms with Crippen LogP contribution in [0.3, 0.4) is 0 Å². The highest BCUT2D eigenvalue weighted by Crippen LogP contribution is 2.42. The summed E-state index contributed by atoms with van der Waals surface area (Å²) >= 11 is 6.31. The highest BCUT2D eigenvalue weighted by molar-refractivity contribution is 6.32. The highest BCUT2D eigenvalue weighted by atomic mass is 35.5. The first-order valence-electron chi connectivity index (χ1n) is 8.46. The smallest absolute Gasteiger partial charge is 0.318 e. The molecule has 0 atom stereocenters. The molecule has 0 amide bonds. The van der Waals surface area contributed by atoms with E-state index in [-0.39, 0.29) is 22.3 Å². The number of non-ortho nitro benzene ring substituents is 1. The number of hydrogen-bond donors (Lipinski definition) is 0. The van der Waals surface area contributed by atoms with Crippen molar-refractivity contribution in [3.8, 4) is 17.2 Å². The van der Waals surface area contributed by atoms with E-state index in [1.54, 1.807) is 18.3 Å². The zero-order valence-electron chi connectivity index (χ0n) is 15.5. The molecule has 0 aromatic heterocycles. The number of methoxy groups -OCH3 is 1. The van der Waals surface area contributed by atoms with Crippen LogP contribution in [0.25, 0.3) is 0 Å². The second-order valence-electron chi connectivity index (χ2n) is 5.90. The van der Waals surface area contributed by atoms with E-state index >= 15 is 0 Å². The van der Waals surface area contributed by atoms with Crippen molar-refractivity contribution < 1.29 is 19.3 Å². The first kappa shape index (κ1) is 20.7.